The first-order valence-corrected chi connectivity index (χ1v) is 8.57. The molecule has 2 atom stereocenters. The number of carbonyl (C=O) groups is 1. The van der Waals surface area contributed by atoms with E-state index in [1.165, 1.54) is 36.8 Å². The van der Waals surface area contributed by atoms with Crippen molar-refractivity contribution < 1.29 is 4.79 Å². The monoisotopic (exact) mass is 285 g/mol. The highest BCUT2D eigenvalue weighted by atomic mass is 16.1. The fourth-order valence-electron chi connectivity index (χ4n) is 4.09. The predicted octanol–water partition coefficient (Wildman–Crippen LogP) is 4.11. The molecule has 2 fully saturated rings. The zero-order valence-electron chi connectivity index (χ0n) is 13.2. The van der Waals surface area contributed by atoms with Crippen molar-refractivity contribution in [2.45, 2.75) is 64.5 Å². The number of aryl methyl sites for hydroxylation is 1. The summed E-state index contributed by atoms with van der Waals surface area (Å²) in [6, 6.07) is 9.17. The van der Waals surface area contributed by atoms with E-state index in [1.807, 2.05) is 0 Å². The summed E-state index contributed by atoms with van der Waals surface area (Å²) in [4.78, 5) is 14.9. The SMILES string of the molecule is Cc1ccccc1CN1CCCCC1C1CCCCC1=O. The third kappa shape index (κ3) is 3.37. The molecule has 0 N–H and O–H groups in total. The smallest absolute Gasteiger partial charge is 0.137 e. The van der Waals surface area contributed by atoms with Crippen LogP contribution in [0.4, 0.5) is 0 Å². The zero-order valence-corrected chi connectivity index (χ0v) is 13.2. The molecule has 2 unspecified atom stereocenters. The normalized spacial score (nSPS) is 27.8. The molecule has 0 aromatic heterocycles. The van der Waals surface area contributed by atoms with Gasteiger partial charge in [-0.2, -0.15) is 0 Å². The highest BCUT2D eigenvalue weighted by molar-refractivity contribution is 5.82. The van der Waals surface area contributed by atoms with Crippen LogP contribution in [0.3, 0.4) is 0 Å². The molecule has 2 heteroatoms. The summed E-state index contributed by atoms with van der Waals surface area (Å²) in [6.45, 7) is 4.37. The number of hydrogen-bond donors (Lipinski definition) is 0. The van der Waals surface area contributed by atoms with Crippen molar-refractivity contribution in [3.63, 3.8) is 0 Å². The van der Waals surface area contributed by atoms with E-state index >= 15 is 0 Å². The van der Waals surface area contributed by atoms with E-state index in [9.17, 15) is 4.79 Å². The second-order valence-electron chi connectivity index (χ2n) is 6.78. The first-order chi connectivity index (χ1) is 10.3. The van der Waals surface area contributed by atoms with Crippen molar-refractivity contribution in [2.75, 3.05) is 6.54 Å². The average Bonchev–Trinajstić information content (AvgIpc) is 2.51. The lowest BCUT2D eigenvalue weighted by Gasteiger charge is -2.41. The summed E-state index contributed by atoms with van der Waals surface area (Å²) >= 11 is 0. The Morgan fingerprint density at radius 3 is 2.71 bits per heavy atom. The quantitative estimate of drug-likeness (QED) is 0.833. The maximum absolute atomic E-state index is 12.3. The molecule has 1 heterocycles. The minimum Gasteiger partial charge on any atom is -0.299 e. The number of benzene rings is 1. The van der Waals surface area contributed by atoms with E-state index in [0.29, 0.717) is 17.7 Å². The topological polar surface area (TPSA) is 20.3 Å². The fourth-order valence-corrected chi connectivity index (χ4v) is 4.09. The number of likely N-dealkylation sites (tertiary alicyclic amines) is 1. The van der Waals surface area contributed by atoms with Crippen molar-refractivity contribution in [1.82, 2.24) is 4.90 Å². The lowest BCUT2D eigenvalue weighted by Crippen LogP contribution is -2.47. The first-order valence-electron chi connectivity index (χ1n) is 8.57. The minimum absolute atomic E-state index is 0.308. The molecule has 1 aromatic carbocycles. The number of nitrogens with zero attached hydrogens (tertiary/aromatic N) is 1. The summed E-state index contributed by atoms with van der Waals surface area (Å²) in [5, 5.41) is 0. The molecule has 0 amide bonds. The second kappa shape index (κ2) is 6.74. The number of ketones is 1. The Morgan fingerprint density at radius 1 is 1.10 bits per heavy atom. The molecule has 2 nitrogen and oxygen atoms in total. The molecular formula is C19H27NO. The number of piperidine rings is 1. The number of carbonyl (C=O) groups excluding carboxylic acids is 1. The molecule has 1 saturated carbocycles. The molecule has 3 rings (SSSR count). The van der Waals surface area contributed by atoms with E-state index < -0.39 is 0 Å². The molecule has 0 spiro atoms. The number of rotatable bonds is 3. The van der Waals surface area contributed by atoms with Crippen molar-refractivity contribution in [3.05, 3.63) is 35.4 Å². The van der Waals surface area contributed by atoms with Crippen molar-refractivity contribution in [1.29, 1.82) is 0 Å². The van der Waals surface area contributed by atoms with Crippen LogP contribution in [0.2, 0.25) is 0 Å². The largest absolute Gasteiger partial charge is 0.299 e. The molecule has 0 bridgehead atoms. The lowest BCUT2D eigenvalue weighted by atomic mass is 9.79. The number of hydrogen-bond acceptors (Lipinski definition) is 2. The van der Waals surface area contributed by atoms with Gasteiger partial charge in [-0.25, -0.2) is 0 Å². The molecular weight excluding hydrogens is 258 g/mol. The van der Waals surface area contributed by atoms with Crippen molar-refractivity contribution in [2.24, 2.45) is 5.92 Å². The van der Waals surface area contributed by atoms with E-state index in [4.69, 9.17) is 0 Å². The molecule has 2 aliphatic rings. The predicted molar refractivity (Wildman–Crippen MR) is 86.2 cm³/mol. The molecule has 1 aliphatic heterocycles. The fraction of sp³-hybridized carbons (Fsp3) is 0.632. The Morgan fingerprint density at radius 2 is 1.90 bits per heavy atom. The van der Waals surface area contributed by atoms with Gasteiger partial charge < -0.3 is 0 Å². The summed E-state index contributed by atoms with van der Waals surface area (Å²) in [6.07, 6.45) is 8.07. The third-order valence-electron chi connectivity index (χ3n) is 5.37. The zero-order chi connectivity index (χ0) is 14.7. The summed E-state index contributed by atoms with van der Waals surface area (Å²) < 4.78 is 0. The van der Waals surface area contributed by atoms with E-state index in [2.05, 4.69) is 36.1 Å². The highest BCUT2D eigenvalue weighted by Crippen LogP contribution is 2.32. The molecule has 114 valence electrons. The van der Waals surface area contributed by atoms with Gasteiger partial charge >= 0.3 is 0 Å². The highest BCUT2D eigenvalue weighted by Gasteiger charge is 2.35. The van der Waals surface area contributed by atoms with Gasteiger partial charge in [-0.15, -0.1) is 0 Å². The molecule has 0 radical (unpaired) electrons. The van der Waals surface area contributed by atoms with Gasteiger partial charge in [0.2, 0.25) is 0 Å². The van der Waals surface area contributed by atoms with E-state index in [0.717, 1.165) is 32.4 Å². The van der Waals surface area contributed by atoms with Crippen LogP contribution in [0, 0.1) is 12.8 Å². The Bertz CT molecular complexity index is 496. The van der Waals surface area contributed by atoms with E-state index in [1.54, 1.807) is 0 Å². The van der Waals surface area contributed by atoms with Crippen LogP contribution in [0.25, 0.3) is 0 Å². The standard InChI is InChI=1S/C19H27NO/c1-15-8-2-3-9-16(15)14-20-13-7-6-11-18(20)17-10-4-5-12-19(17)21/h2-3,8-9,17-18H,4-7,10-14H2,1H3. The van der Waals surface area contributed by atoms with Crippen LogP contribution in [-0.2, 0) is 11.3 Å². The molecule has 1 saturated heterocycles. The van der Waals surface area contributed by atoms with Crippen LogP contribution in [-0.4, -0.2) is 23.3 Å². The lowest BCUT2D eigenvalue weighted by molar-refractivity contribution is -0.127. The van der Waals surface area contributed by atoms with Gasteiger partial charge in [-0.1, -0.05) is 37.1 Å². The Kier molecular flexibility index (Phi) is 4.74. The maximum atomic E-state index is 12.3. The molecule has 1 aromatic rings. The molecule has 1 aliphatic carbocycles. The first kappa shape index (κ1) is 14.8. The van der Waals surface area contributed by atoms with Crippen molar-refractivity contribution in [3.8, 4) is 0 Å². The summed E-state index contributed by atoms with van der Waals surface area (Å²) in [5.74, 6) is 0.839. The minimum atomic E-state index is 0.308. The third-order valence-corrected chi connectivity index (χ3v) is 5.37. The van der Waals surface area contributed by atoms with Gasteiger partial charge in [0.15, 0.2) is 0 Å². The average molecular weight is 285 g/mol. The van der Waals surface area contributed by atoms with E-state index in [-0.39, 0.29) is 0 Å². The van der Waals surface area contributed by atoms with Crippen LogP contribution in [0.5, 0.6) is 0 Å². The van der Waals surface area contributed by atoms with Crippen LogP contribution >= 0.6 is 0 Å². The molecule has 21 heavy (non-hydrogen) atoms. The van der Waals surface area contributed by atoms with Gasteiger partial charge in [0, 0.05) is 24.9 Å². The number of Topliss-reactive ketones (excluding diaryl/α,β-unsaturated/α-hetero) is 1. The van der Waals surface area contributed by atoms with Crippen LogP contribution in [0.1, 0.15) is 56.1 Å². The van der Waals surface area contributed by atoms with Crippen LogP contribution in [0.15, 0.2) is 24.3 Å². The van der Waals surface area contributed by atoms with Gasteiger partial charge in [-0.05, 0) is 50.3 Å². The summed E-state index contributed by atoms with van der Waals surface area (Å²) in [7, 11) is 0. The Labute approximate surface area is 128 Å². The second-order valence-corrected chi connectivity index (χ2v) is 6.78. The van der Waals surface area contributed by atoms with Gasteiger partial charge in [0.1, 0.15) is 5.78 Å². The maximum Gasteiger partial charge on any atom is 0.137 e. The van der Waals surface area contributed by atoms with Gasteiger partial charge in [-0.3, -0.25) is 9.69 Å². The van der Waals surface area contributed by atoms with Gasteiger partial charge in [0.25, 0.3) is 0 Å². The summed E-state index contributed by atoms with van der Waals surface area (Å²) in [5.41, 5.74) is 2.80. The Hall–Kier alpha value is -1.15. The van der Waals surface area contributed by atoms with Crippen molar-refractivity contribution >= 4 is 5.78 Å². The van der Waals surface area contributed by atoms with Crippen LogP contribution < -0.4 is 0 Å². The Balaban J connectivity index is 1.75. The van der Waals surface area contributed by atoms with Gasteiger partial charge in [0.05, 0.1) is 0 Å².